The fraction of sp³-hybridized carbons (Fsp3) is 0.800. The lowest BCUT2D eigenvalue weighted by molar-refractivity contribution is -0.167. The summed E-state index contributed by atoms with van der Waals surface area (Å²) in [6.45, 7) is 6.53. The summed E-state index contributed by atoms with van der Waals surface area (Å²) >= 11 is 0. The second-order valence-corrected chi connectivity index (χ2v) is 20.6. The Morgan fingerprint density at radius 2 is 0.549 bits per heavy atom. The first-order chi connectivity index (χ1) is 35.0. The van der Waals surface area contributed by atoms with Crippen molar-refractivity contribution < 1.29 is 28.6 Å². The Morgan fingerprint density at radius 1 is 0.296 bits per heavy atom. The van der Waals surface area contributed by atoms with Crippen LogP contribution in [0.5, 0.6) is 0 Å². The summed E-state index contributed by atoms with van der Waals surface area (Å²) in [5, 5.41) is 0. The van der Waals surface area contributed by atoms with Crippen molar-refractivity contribution in [3.8, 4) is 0 Å². The monoisotopic (exact) mass is 993 g/mol. The van der Waals surface area contributed by atoms with Crippen LogP contribution in [-0.2, 0) is 28.6 Å². The highest BCUT2D eigenvalue weighted by Crippen LogP contribution is 2.16. The SMILES string of the molecule is CC/C=C\C/C=C\C/C=C\CCCCCCCCCC(=O)OC(COC(=O)CCCCCCC/C=C\CCCCCC)COC(=O)CCCCCCCCCCCCC/C=C\CCCCCCCCCC. The van der Waals surface area contributed by atoms with Crippen LogP contribution in [0.2, 0.25) is 0 Å². The highest BCUT2D eigenvalue weighted by molar-refractivity contribution is 5.71. The Bertz CT molecular complexity index is 1280. The van der Waals surface area contributed by atoms with Crippen molar-refractivity contribution in [2.45, 2.75) is 322 Å². The second-order valence-electron chi connectivity index (χ2n) is 20.6. The van der Waals surface area contributed by atoms with E-state index in [4.69, 9.17) is 14.2 Å². The van der Waals surface area contributed by atoms with Gasteiger partial charge in [0, 0.05) is 19.3 Å². The van der Waals surface area contributed by atoms with Crippen LogP contribution in [0.3, 0.4) is 0 Å². The molecule has 0 rings (SSSR count). The van der Waals surface area contributed by atoms with Gasteiger partial charge < -0.3 is 14.2 Å². The van der Waals surface area contributed by atoms with E-state index in [1.165, 1.54) is 186 Å². The molecule has 1 atom stereocenters. The minimum Gasteiger partial charge on any atom is -0.462 e. The number of esters is 3. The van der Waals surface area contributed by atoms with Crippen molar-refractivity contribution in [1.82, 2.24) is 0 Å². The van der Waals surface area contributed by atoms with Crippen LogP contribution in [0.25, 0.3) is 0 Å². The summed E-state index contributed by atoms with van der Waals surface area (Å²) in [7, 11) is 0. The van der Waals surface area contributed by atoms with Gasteiger partial charge in [0.1, 0.15) is 13.2 Å². The van der Waals surface area contributed by atoms with Crippen molar-refractivity contribution in [1.29, 1.82) is 0 Å². The fourth-order valence-corrected chi connectivity index (χ4v) is 8.86. The van der Waals surface area contributed by atoms with Crippen LogP contribution in [0.1, 0.15) is 316 Å². The third-order valence-electron chi connectivity index (χ3n) is 13.5. The predicted octanol–water partition coefficient (Wildman–Crippen LogP) is 20.8. The lowest BCUT2D eigenvalue weighted by Gasteiger charge is -2.18. The summed E-state index contributed by atoms with van der Waals surface area (Å²) in [4.78, 5) is 38.2. The van der Waals surface area contributed by atoms with Crippen LogP contribution in [0.4, 0.5) is 0 Å². The molecule has 0 heterocycles. The Labute approximate surface area is 440 Å². The molecule has 0 aliphatic heterocycles. The molecule has 6 heteroatoms. The number of allylic oxidation sites excluding steroid dienone is 10. The maximum atomic E-state index is 12.9. The maximum Gasteiger partial charge on any atom is 0.306 e. The molecule has 0 aliphatic rings. The van der Waals surface area contributed by atoms with E-state index in [2.05, 4.69) is 81.5 Å². The van der Waals surface area contributed by atoms with Gasteiger partial charge in [-0.1, -0.05) is 255 Å². The van der Waals surface area contributed by atoms with Crippen LogP contribution >= 0.6 is 0 Å². The molecule has 0 aromatic carbocycles. The van der Waals surface area contributed by atoms with Crippen molar-refractivity contribution in [2.75, 3.05) is 13.2 Å². The molecule has 6 nitrogen and oxygen atoms in total. The Kier molecular flexibility index (Phi) is 57.2. The average molecular weight is 994 g/mol. The van der Waals surface area contributed by atoms with Gasteiger partial charge >= 0.3 is 17.9 Å². The number of unbranched alkanes of at least 4 members (excludes halogenated alkanes) is 35. The number of carbonyl (C=O) groups is 3. The van der Waals surface area contributed by atoms with E-state index in [-0.39, 0.29) is 31.1 Å². The molecular weight excluding hydrogens is 877 g/mol. The van der Waals surface area contributed by atoms with Gasteiger partial charge in [0.2, 0.25) is 0 Å². The number of hydrogen-bond donors (Lipinski definition) is 0. The lowest BCUT2D eigenvalue weighted by Crippen LogP contribution is -2.30. The third-order valence-corrected chi connectivity index (χ3v) is 13.5. The Hall–Kier alpha value is -2.89. The minimum absolute atomic E-state index is 0.0797. The van der Waals surface area contributed by atoms with E-state index in [0.29, 0.717) is 19.3 Å². The topological polar surface area (TPSA) is 78.9 Å². The number of carbonyl (C=O) groups excluding carboxylic acids is 3. The van der Waals surface area contributed by atoms with Gasteiger partial charge in [-0.25, -0.2) is 0 Å². The van der Waals surface area contributed by atoms with E-state index < -0.39 is 6.10 Å². The van der Waals surface area contributed by atoms with E-state index >= 15 is 0 Å². The van der Waals surface area contributed by atoms with Gasteiger partial charge in [0.05, 0.1) is 0 Å². The summed E-state index contributed by atoms with van der Waals surface area (Å²) in [6, 6.07) is 0. The van der Waals surface area contributed by atoms with Crippen molar-refractivity contribution in [3.63, 3.8) is 0 Å². The average Bonchev–Trinajstić information content (AvgIpc) is 3.37. The van der Waals surface area contributed by atoms with Crippen LogP contribution in [-0.4, -0.2) is 37.2 Å². The molecule has 0 spiro atoms. The maximum absolute atomic E-state index is 12.9. The fourth-order valence-electron chi connectivity index (χ4n) is 8.86. The Balaban J connectivity index is 4.31. The molecule has 0 amide bonds. The van der Waals surface area contributed by atoms with Crippen molar-refractivity contribution in [3.05, 3.63) is 60.8 Å². The first-order valence-electron chi connectivity index (χ1n) is 30.8. The van der Waals surface area contributed by atoms with Crippen molar-refractivity contribution in [2.24, 2.45) is 0 Å². The molecule has 0 saturated heterocycles. The second kappa shape index (κ2) is 59.7. The smallest absolute Gasteiger partial charge is 0.306 e. The molecule has 412 valence electrons. The normalized spacial score (nSPS) is 12.4. The first kappa shape index (κ1) is 68.1. The number of rotatable bonds is 56. The molecular formula is C65H116O6. The van der Waals surface area contributed by atoms with Gasteiger partial charge in [-0.2, -0.15) is 0 Å². The van der Waals surface area contributed by atoms with E-state index in [0.717, 1.165) is 89.9 Å². The third kappa shape index (κ3) is 57.9. The predicted molar refractivity (Wildman–Crippen MR) is 307 cm³/mol. The van der Waals surface area contributed by atoms with E-state index in [9.17, 15) is 14.4 Å². The summed E-state index contributed by atoms with van der Waals surface area (Å²) in [5.74, 6) is -0.886. The van der Waals surface area contributed by atoms with Gasteiger partial charge in [-0.3, -0.25) is 14.4 Å². The number of ether oxygens (including phenoxy) is 3. The lowest BCUT2D eigenvalue weighted by atomic mass is 10.0. The summed E-state index contributed by atoms with van der Waals surface area (Å²) < 4.78 is 16.9. The molecule has 0 aromatic rings. The molecule has 0 fully saturated rings. The minimum atomic E-state index is -0.783. The van der Waals surface area contributed by atoms with E-state index in [1.54, 1.807) is 0 Å². The molecule has 0 bridgehead atoms. The first-order valence-corrected chi connectivity index (χ1v) is 30.8. The zero-order valence-corrected chi connectivity index (χ0v) is 47.2. The molecule has 0 N–H and O–H groups in total. The standard InChI is InChI=1S/C65H116O6/c1-4-7-10-13-16-19-22-25-27-29-30-31-32-33-34-36-37-40-43-46-49-52-55-58-64(67)70-61-62(60-69-63(66)57-54-51-48-45-42-39-24-21-18-15-12-9-6-3)71-65(68)59-56-53-50-47-44-41-38-35-28-26-23-20-17-14-11-8-5-2/h8,11,17,20-21,24,26,28-30,62H,4-7,9-10,12-16,18-19,22-23,25,27,31-61H2,1-3H3/b11-8-,20-17-,24-21-,28-26-,30-29-. The van der Waals surface area contributed by atoms with Crippen LogP contribution < -0.4 is 0 Å². The Morgan fingerprint density at radius 3 is 0.887 bits per heavy atom. The number of hydrogen-bond acceptors (Lipinski definition) is 6. The van der Waals surface area contributed by atoms with E-state index in [1.807, 2.05) is 0 Å². The molecule has 0 aromatic heterocycles. The highest BCUT2D eigenvalue weighted by Gasteiger charge is 2.19. The molecule has 1 unspecified atom stereocenters. The van der Waals surface area contributed by atoms with Crippen molar-refractivity contribution >= 4 is 17.9 Å². The molecule has 0 saturated carbocycles. The molecule has 71 heavy (non-hydrogen) atoms. The van der Waals surface area contributed by atoms with Gasteiger partial charge in [-0.05, 0) is 103 Å². The zero-order chi connectivity index (χ0) is 51.4. The summed E-state index contributed by atoms with van der Waals surface area (Å²) in [5.41, 5.74) is 0. The highest BCUT2D eigenvalue weighted by atomic mass is 16.6. The van der Waals surface area contributed by atoms with Crippen LogP contribution in [0.15, 0.2) is 60.8 Å². The summed E-state index contributed by atoms with van der Waals surface area (Å²) in [6.07, 6.45) is 75.1. The largest absolute Gasteiger partial charge is 0.462 e. The van der Waals surface area contributed by atoms with Gasteiger partial charge in [0.15, 0.2) is 6.10 Å². The molecule has 0 radical (unpaired) electrons. The molecule has 0 aliphatic carbocycles. The quantitative estimate of drug-likeness (QED) is 0.0261. The van der Waals surface area contributed by atoms with Gasteiger partial charge in [-0.15, -0.1) is 0 Å². The van der Waals surface area contributed by atoms with Gasteiger partial charge in [0.25, 0.3) is 0 Å². The zero-order valence-electron chi connectivity index (χ0n) is 47.2. The van der Waals surface area contributed by atoms with Crippen LogP contribution in [0, 0.1) is 0 Å².